The van der Waals surface area contributed by atoms with Crippen molar-refractivity contribution in [1.29, 1.82) is 0 Å². The molecule has 1 saturated carbocycles. The second-order valence-electron chi connectivity index (χ2n) is 2.85. The van der Waals surface area contributed by atoms with Crippen molar-refractivity contribution < 1.29 is 0 Å². The Bertz CT molecular complexity index is 147. The molecule has 0 aliphatic heterocycles. The van der Waals surface area contributed by atoms with E-state index in [1.165, 1.54) is 25.2 Å². The Morgan fingerprint density at radius 2 is 2.00 bits per heavy atom. The molecule has 0 atom stereocenters. The quantitative estimate of drug-likeness (QED) is 0.518. The van der Waals surface area contributed by atoms with Gasteiger partial charge in [0.1, 0.15) is 15.1 Å². The van der Waals surface area contributed by atoms with E-state index in [0.717, 1.165) is 5.82 Å². The molecule has 52 valence electrons. The molecule has 0 nitrogen and oxygen atoms in total. The van der Waals surface area contributed by atoms with Crippen molar-refractivity contribution >= 4 is 22.4 Å². The van der Waals surface area contributed by atoms with Crippen LogP contribution in [0.4, 0.5) is 0 Å². The first kappa shape index (κ1) is 8.77. The minimum Gasteiger partial charge on any atom is -0.144 e. The minimum atomic E-state index is 0.849. The van der Waals surface area contributed by atoms with Gasteiger partial charge in [-0.2, -0.15) is 0 Å². The molecule has 0 aromatic carbocycles. The largest absolute Gasteiger partial charge is 0.168 e. The second-order valence-corrected chi connectivity index (χ2v) is 2.85. The summed E-state index contributed by atoms with van der Waals surface area (Å²) in [6, 6.07) is 0. The molecule has 1 fully saturated rings. The van der Waals surface area contributed by atoms with Gasteiger partial charge in [-0.25, -0.2) is 0 Å². The fourth-order valence-electron chi connectivity index (χ4n) is 1.05. The SMILES string of the molecule is [B]C=C[B]C=C[B]C1CCC1. The highest BCUT2D eigenvalue weighted by atomic mass is 14.1. The molecule has 0 bridgehead atoms. The lowest BCUT2D eigenvalue weighted by Crippen LogP contribution is -2.10. The Labute approximate surface area is 72.0 Å². The van der Waals surface area contributed by atoms with Gasteiger partial charge in [0, 0.05) is 0 Å². The zero-order valence-electron chi connectivity index (χ0n) is 6.74. The van der Waals surface area contributed by atoms with Crippen molar-refractivity contribution in [3.63, 3.8) is 0 Å². The van der Waals surface area contributed by atoms with Crippen molar-refractivity contribution in [3.05, 3.63) is 23.9 Å². The van der Waals surface area contributed by atoms with Crippen LogP contribution in [0.5, 0.6) is 0 Å². The van der Waals surface area contributed by atoms with Crippen molar-refractivity contribution in [3.8, 4) is 0 Å². The average Bonchev–Trinajstić information content (AvgIpc) is 1.93. The predicted molar refractivity (Wildman–Crippen MR) is 53.1 cm³/mol. The molecule has 1 rings (SSSR count). The third-order valence-corrected chi connectivity index (χ3v) is 1.98. The molecule has 1 aliphatic rings. The molecule has 0 heterocycles. The normalized spacial score (nSPS) is 18.9. The van der Waals surface area contributed by atoms with Crippen LogP contribution in [-0.2, 0) is 0 Å². The first-order valence-corrected chi connectivity index (χ1v) is 4.15. The summed E-state index contributed by atoms with van der Waals surface area (Å²) in [5.74, 6) is 8.33. The van der Waals surface area contributed by atoms with Crippen LogP contribution in [0.15, 0.2) is 23.9 Å². The van der Waals surface area contributed by atoms with E-state index in [1.807, 2.05) is 19.2 Å². The Hall–Kier alpha value is -0.325. The van der Waals surface area contributed by atoms with Gasteiger partial charge in [-0.15, -0.1) is 23.9 Å². The van der Waals surface area contributed by atoms with E-state index in [2.05, 4.69) is 13.3 Å². The van der Waals surface area contributed by atoms with Gasteiger partial charge >= 0.3 is 0 Å². The first-order valence-electron chi connectivity index (χ1n) is 4.15. The van der Waals surface area contributed by atoms with Gasteiger partial charge in [0.2, 0.25) is 0 Å². The summed E-state index contributed by atoms with van der Waals surface area (Å²) in [6.45, 7) is 0. The zero-order chi connectivity index (χ0) is 7.94. The van der Waals surface area contributed by atoms with Gasteiger partial charge in [-0.3, -0.25) is 0 Å². The van der Waals surface area contributed by atoms with E-state index in [0.29, 0.717) is 0 Å². The molecule has 0 spiro atoms. The molecule has 0 N–H and O–H groups in total. The maximum atomic E-state index is 5.15. The number of hydrogen-bond donors (Lipinski definition) is 0. The highest BCUT2D eigenvalue weighted by molar-refractivity contribution is 6.53. The first-order chi connectivity index (χ1) is 5.43. The van der Waals surface area contributed by atoms with Crippen molar-refractivity contribution in [2.24, 2.45) is 0 Å². The van der Waals surface area contributed by atoms with Gasteiger partial charge in [-0.05, 0) is 0 Å². The molecule has 0 saturated heterocycles. The Morgan fingerprint density at radius 3 is 2.55 bits per heavy atom. The van der Waals surface area contributed by atoms with Crippen LogP contribution in [0, 0.1) is 0 Å². The smallest absolute Gasteiger partial charge is 0.144 e. The molecular formula is C8H11B3. The third-order valence-electron chi connectivity index (χ3n) is 1.98. The van der Waals surface area contributed by atoms with Crippen LogP contribution < -0.4 is 0 Å². The Balaban J connectivity index is 1.96. The van der Waals surface area contributed by atoms with Gasteiger partial charge in [0.15, 0.2) is 7.28 Å². The van der Waals surface area contributed by atoms with E-state index >= 15 is 0 Å². The van der Waals surface area contributed by atoms with E-state index in [-0.39, 0.29) is 0 Å². The van der Waals surface area contributed by atoms with Crippen LogP contribution in [0.3, 0.4) is 0 Å². The monoisotopic (exact) mass is 140 g/mol. The maximum Gasteiger partial charge on any atom is 0.168 e. The summed E-state index contributed by atoms with van der Waals surface area (Å²) in [5.41, 5.74) is 0. The van der Waals surface area contributed by atoms with Crippen LogP contribution in [0.2, 0.25) is 5.82 Å². The second kappa shape index (κ2) is 5.34. The van der Waals surface area contributed by atoms with Crippen molar-refractivity contribution in [1.82, 2.24) is 0 Å². The molecule has 1 aliphatic carbocycles. The lowest BCUT2D eigenvalue weighted by Gasteiger charge is -2.22. The Kier molecular flexibility index (Phi) is 4.26. The zero-order valence-corrected chi connectivity index (χ0v) is 6.74. The highest BCUT2D eigenvalue weighted by Crippen LogP contribution is 2.31. The highest BCUT2D eigenvalue weighted by Gasteiger charge is 2.15. The fraction of sp³-hybridized carbons (Fsp3) is 0.500. The average molecular weight is 140 g/mol. The lowest BCUT2D eigenvalue weighted by molar-refractivity contribution is 0.501. The summed E-state index contributed by atoms with van der Waals surface area (Å²) in [5, 5.41) is 0. The molecular weight excluding hydrogens is 129 g/mol. The third kappa shape index (κ3) is 3.55. The topological polar surface area (TPSA) is 0 Å². The van der Waals surface area contributed by atoms with E-state index < -0.39 is 0 Å². The van der Waals surface area contributed by atoms with Crippen LogP contribution in [0.1, 0.15) is 19.3 Å². The number of hydrogen-bond acceptors (Lipinski definition) is 0. The standard InChI is InChI=1S/C8H11B3/c9-4-5-10-6-7-11-8-2-1-3-8/h4-8H,1-3H2. The number of rotatable bonds is 4. The molecule has 0 aromatic rings. The van der Waals surface area contributed by atoms with E-state index in [9.17, 15) is 0 Å². The molecule has 0 unspecified atom stereocenters. The van der Waals surface area contributed by atoms with E-state index in [4.69, 9.17) is 7.85 Å². The summed E-state index contributed by atoms with van der Waals surface area (Å²) >= 11 is 0. The lowest BCUT2D eigenvalue weighted by atomic mass is 9.54. The van der Waals surface area contributed by atoms with Crippen molar-refractivity contribution in [2.75, 3.05) is 0 Å². The summed E-state index contributed by atoms with van der Waals surface area (Å²) < 4.78 is 0. The van der Waals surface area contributed by atoms with Crippen LogP contribution in [0.25, 0.3) is 0 Å². The fourth-order valence-corrected chi connectivity index (χ4v) is 1.05. The van der Waals surface area contributed by atoms with Gasteiger partial charge in [-0.1, -0.05) is 25.1 Å². The summed E-state index contributed by atoms with van der Waals surface area (Å²) in [4.78, 5) is 0. The van der Waals surface area contributed by atoms with Crippen LogP contribution >= 0.6 is 0 Å². The molecule has 0 amide bonds. The molecule has 0 aromatic heterocycles. The van der Waals surface area contributed by atoms with Gasteiger partial charge in [0.05, 0.1) is 0 Å². The molecule has 11 heavy (non-hydrogen) atoms. The summed E-state index contributed by atoms with van der Waals surface area (Å²) in [6.07, 6.45) is 4.15. The van der Waals surface area contributed by atoms with Crippen LogP contribution in [-0.4, -0.2) is 22.4 Å². The molecule has 4 radical (unpaired) electrons. The predicted octanol–water partition coefficient (Wildman–Crippen LogP) is 1.48. The Morgan fingerprint density at radius 1 is 1.18 bits per heavy atom. The van der Waals surface area contributed by atoms with E-state index in [1.54, 1.807) is 0 Å². The maximum absolute atomic E-state index is 5.15. The van der Waals surface area contributed by atoms with Crippen molar-refractivity contribution in [2.45, 2.75) is 25.1 Å². The van der Waals surface area contributed by atoms with Gasteiger partial charge < -0.3 is 0 Å². The minimum absolute atomic E-state index is 0.849. The van der Waals surface area contributed by atoms with Gasteiger partial charge in [0.25, 0.3) is 0 Å². The molecule has 3 heteroatoms. The summed E-state index contributed by atoms with van der Waals surface area (Å²) in [7, 11) is 9.36.